The first-order chi connectivity index (χ1) is 7.02. The molecule has 0 saturated carbocycles. The molecule has 0 aromatic carbocycles. The quantitative estimate of drug-likeness (QED) is 0.703. The largest absolute Gasteiger partial charge is 0.480 e. The summed E-state index contributed by atoms with van der Waals surface area (Å²) >= 11 is 0. The number of hydrogen-bond donors (Lipinski definition) is 2. The van der Waals surface area contributed by atoms with Crippen LogP contribution in [-0.2, 0) is 4.79 Å². The van der Waals surface area contributed by atoms with Gasteiger partial charge in [0.1, 0.15) is 6.04 Å². The molecule has 5 nitrogen and oxygen atoms in total. The molecule has 0 unspecified atom stereocenters. The van der Waals surface area contributed by atoms with Gasteiger partial charge in [0.25, 0.3) is 0 Å². The molecule has 0 spiro atoms. The predicted octanol–water partition coefficient (Wildman–Crippen LogP) is 1.29. The summed E-state index contributed by atoms with van der Waals surface area (Å²) in [4.78, 5) is 23.8. The molecule has 88 valence electrons. The van der Waals surface area contributed by atoms with Gasteiger partial charge >= 0.3 is 12.0 Å². The van der Waals surface area contributed by atoms with Crippen molar-refractivity contribution in [2.24, 2.45) is 0 Å². The number of carbonyl (C=O) groups excluding carboxylic acids is 1. The summed E-state index contributed by atoms with van der Waals surface area (Å²) in [5, 5.41) is 11.1. The lowest BCUT2D eigenvalue weighted by Gasteiger charge is -2.23. The molecular formula is C10H20N2O3. The van der Waals surface area contributed by atoms with E-state index in [1.165, 1.54) is 6.92 Å². The van der Waals surface area contributed by atoms with Crippen LogP contribution in [0.5, 0.6) is 0 Å². The van der Waals surface area contributed by atoms with Crippen LogP contribution >= 0.6 is 0 Å². The maximum atomic E-state index is 11.6. The van der Waals surface area contributed by atoms with Crippen molar-refractivity contribution in [2.45, 2.75) is 39.7 Å². The summed E-state index contributed by atoms with van der Waals surface area (Å²) in [5.41, 5.74) is 0. The molecule has 2 amide bonds. The SMILES string of the molecule is CCCN(CCC)C(=O)N[C@H](C)C(=O)O. The van der Waals surface area contributed by atoms with E-state index in [-0.39, 0.29) is 6.03 Å². The zero-order valence-electron chi connectivity index (χ0n) is 9.62. The topological polar surface area (TPSA) is 69.6 Å². The van der Waals surface area contributed by atoms with Crippen LogP contribution in [0.2, 0.25) is 0 Å². The molecule has 0 fully saturated rings. The van der Waals surface area contributed by atoms with E-state index in [2.05, 4.69) is 5.32 Å². The van der Waals surface area contributed by atoms with E-state index >= 15 is 0 Å². The van der Waals surface area contributed by atoms with E-state index in [0.717, 1.165) is 12.8 Å². The molecule has 0 radical (unpaired) electrons. The van der Waals surface area contributed by atoms with E-state index in [1.807, 2.05) is 13.8 Å². The number of urea groups is 1. The highest BCUT2D eigenvalue weighted by atomic mass is 16.4. The Morgan fingerprint density at radius 2 is 1.73 bits per heavy atom. The molecule has 0 aliphatic carbocycles. The smallest absolute Gasteiger partial charge is 0.325 e. The van der Waals surface area contributed by atoms with Crippen LogP contribution in [0, 0.1) is 0 Å². The Labute approximate surface area is 90.5 Å². The van der Waals surface area contributed by atoms with E-state index in [1.54, 1.807) is 4.90 Å². The first-order valence-corrected chi connectivity index (χ1v) is 5.31. The van der Waals surface area contributed by atoms with Gasteiger partial charge in [0.05, 0.1) is 0 Å². The second-order valence-corrected chi connectivity index (χ2v) is 3.50. The molecule has 15 heavy (non-hydrogen) atoms. The van der Waals surface area contributed by atoms with Crippen molar-refractivity contribution < 1.29 is 14.7 Å². The normalized spacial score (nSPS) is 11.9. The van der Waals surface area contributed by atoms with Crippen molar-refractivity contribution in [1.29, 1.82) is 0 Å². The van der Waals surface area contributed by atoms with Gasteiger partial charge in [-0.1, -0.05) is 13.8 Å². The van der Waals surface area contributed by atoms with Crippen molar-refractivity contribution >= 4 is 12.0 Å². The molecule has 0 aliphatic rings. The molecule has 0 bridgehead atoms. The van der Waals surface area contributed by atoms with Gasteiger partial charge in [0.2, 0.25) is 0 Å². The van der Waals surface area contributed by atoms with Crippen LogP contribution in [0.3, 0.4) is 0 Å². The molecular weight excluding hydrogens is 196 g/mol. The summed E-state index contributed by atoms with van der Waals surface area (Å²) < 4.78 is 0. The number of carboxylic acid groups (broad SMARTS) is 1. The fraction of sp³-hybridized carbons (Fsp3) is 0.800. The third-order valence-electron chi connectivity index (χ3n) is 1.98. The van der Waals surface area contributed by atoms with Gasteiger partial charge in [-0.3, -0.25) is 4.79 Å². The third kappa shape index (κ3) is 5.24. The maximum absolute atomic E-state index is 11.6. The highest BCUT2D eigenvalue weighted by Gasteiger charge is 2.17. The van der Waals surface area contributed by atoms with Crippen molar-refractivity contribution in [3.05, 3.63) is 0 Å². The van der Waals surface area contributed by atoms with Gasteiger partial charge in [-0.2, -0.15) is 0 Å². The minimum absolute atomic E-state index is 0.298. The first kappa shape index (κ1) is 13.7. The second kappa shape index (κ2) is 7.09. The van der Waals surface area contributed by atoms with Gasteiger partial charge in [-0.15, -0.1) is 0 Å². The zero-order valence-corrected chi connectivity index (χ0v) is 9.62. The molecule has 2 N–H and O–H groups in total. The summed E-state index contributed by atoms with van der Waals surface area (Å²) in [5.74, 6) is -1.02. The van der Waals surface area contributed by atoms with Crippen molar-refractivity contribution in [3.8, 4) is 0 Å². The fourth-order valence-electron chi connectivity index (χ4n) is 1.19. The standard InChI is InChI=1S/C10H20N2O3/c1-4-6-12(7-5-2)10(15)11-8(3)9(13)14/h8H,4-7H2,1-3H3,(H,11,15)(H,13,14)/t8-/m1/s1. The Morgan fingerprint density at radius 1 is 1.27 bits per heavy atom. The number of nitrogens with zero attached hydrogens (tertiary/aromatic N) is 1. The van der Waals surface area contributed by atoms with Crippen LogP contribution in [0.1, 0.15) is 33.6 Å². The summed E-state index contributed by atoms with van der Waals surface area (Å²) in [6.07, 6.45) is 1.74. The lowest BCUT2D eigenvalue weighted by molar-refractivity contribution is -0.138. The molecule has 0 aromatic rings. The van der Waals surface area contributed by atoms with Crippen LogP contribution in [0.4, 0.5) is 4.79 Å². The van der Waals surface area contributed by atoms with Crippen LogP contribution in [-0.4, -0.2) is 41.1 Å². The van der Waals surface area contributed by atoms with Gasteiger partial charge in [0.15, 0.2) is 0 Å². The lowest BCUT2D eigenvalue weighted by atomic mass is 10.3. The number of rotatable bonds is 6. The van der Waals surface area contributed by atoms with E-state index < -0.39 is 12.0 Å². The number of carboxylic acids is 1. The molecule has 1 atom stereocenters. The highest BCUT2D eigenvalue weighted by molar-refractivity contribution is 5.82. The minimum Gasteiger partial charge on any atom is -0.480 e. The van der Waals surface area contributed by atoms with Gasteiger partial charge in [-0.05, 0) is 19.8 Å². The fourth-order valence-corrected chi connectivity index (χ4v) is 1.19. The molecule has 0 saturated heterocycles. The number of amides is 2. The van der Waals surface area contributed by atoms with E-state index in [4.69, 9.17) is 5.11 Å². The van der Waals surface area contributed by atoms with Crippen molar-refractivity contribution in [3.63, 3.8) is 0 Å². The Bertz CT molecular complexity index is 213. The Hall–Kier alpha value is -1.26. The Kier molecular flexibility index (Phi) is 6.49. The summed E-state index contributed by atoms with van der Waals surface area (Å²) in [6, 6.07) is -1.14. The average molecular weight is 216 g/mol. The number of carbonyl (C=O) groups is 2. The Morgan fingerprint density at radius 3 is 2.07 bits per heavy atom. The summed E-state index contributed by atoms with van der Waals surface area (Å²) in [7, 11) is 0. The first-order valence-electron chi connectivity index (χ1n) is 5.31. The van der Waals surface area contributed by atoms with Gasteiger partial charge in [0, 0.05) is 13.1 Å². The third-order valence-corrected chi connectivity index (χ3v) is 1.98. The molecule has 5 heteroatoms. The van der Waals surface area contributed by atoms with Crippen LogP contribution < -0.4 is 5.32 Å². The Balaban J connectivity index is 4.18. The van der Waals surface area contributed by atoms with Crippen molar-refractivity contribution in [2.75, 3.05) is 13.1 Å². The van der Waals surface area contributed by atoms with E-state index in [9.17, 15) is 9.59 Å². The zero-order chi connectivity index (χ0) is 11.8. The molecule has 0 rings (SSSR count). The molecule has 0 aliphatic heterocycles. The molecule has 0 aromatic heterocycles. The van der Waals surface area contributed by atoms with Crippen LogP contribution in [0.15, 0.2) is 0 Å². The predicted molar refractivity (Wildman–Crippen MR) is 57.8 cm³/mol. The van der Waals surface area contributed by atoms with E-state index in [0.29, 0.717) is 13.1 Å². The second-order valence-electron chi connectivity index (χ2n) is 3.50. The molecule has 0 heterocycles. The monoisotopic (exact) mass is 216 g/mol. The van der Waals surface area contributed by atoms with Gasteiger partial charge < -0.3 is 15.3 Å². The summed E-state index contributed by atoms with van der Waals surface area (Å²) in [6.45, 7) is 6.74. The number of hydrogen-bond acceptors (Lipinski definition) is 2. The van der Waals surface area contributed by atoms with Crippen molar-refractivity contribution in [1.82, 2.24) is 10.2 Å². The lowest BCUT2D eigenvalue weighted by Crippen LogP contribution is -2.47. The van der Waals surface area contributed by atoms with Crippen LogP contribution in [0.25, 0.3) is 0 Å². The highest BCUT2D eigenvalue weighted by Crippen LogP contribution is 1.96. The maximum Gasteiger partial charge on any atom is 0.325 e. The number of nitrogens with one attached hydrogen (secondary N) is 1. The van der Waals surface area contributed by atoms with Gasteiger partial charge in [-0.25, -0.2) is 4.79 Å². The minimum atomic E-state index is -1.02. The number of aliphatic carboxylic acids is 1. The average Bonchev–Trinajstić information content (AvgIpc) is 2.17.